The molecular formula is C28H26O2P+. The summed E-state index contributed by atoms with van der Waals surface area (Å²) in [5, 5.41) is 2.48. The first-order chi connectivity index (χ1) is 15.3. The van der Waals surface area contributed by atoms with Gasteiger partial charge in [-0.15, -0.1) is 0 Å². The minimum Gasteiger partial charge on any atom is -0.490 e. The van der Waals surface area contributed by atoms with Crippen LogP contribution in [-0.4, -0.2) is 24.7 Å². The van der Waals surface area contributed by atoms with Gasteiger partial charge in [-0.05, 0) is 36.4 Å². The molecule has 0 radical (unpaired) electrons. The molecule has 4 rings (SSSR count). The maximum atomic E-state index is 13.4. The molecule has 0 N–H and O–H groups in total. The molecule has 0 unspecified atom stereocenters. The van der Waals surface area contributed by atoms with Crippen molar-refractivity contribution in [3.8, 4) is 5.75 Å². The zero-order valence-electron chi connectivity index (χ0n) is 17.4. The van der Waals surface area contributed by atoms with Crippen molar-refractivity contribution in [2.24, 2.45) is 0 Å². The van der Waals surface area contributed by atoms with E-state index >= 15 is 0 Å². The fraction of sp³-hybridized carbons (Fsp3) is 0.107. The van der Waals surface area contributed by atoms with Crippen molar-refractivity contribution in [3.63, 3.8) is 0 Å². The second kappa shape index (κ2) is 10.2. The minimum atomic E-state index is -2.03. The van der Waals surface area contributed by atoms with Crippen molar-refractivity contribution < 1.29 is 9.53 Å². The summed E-state index contributed by atoms with van der Waals surface area (Å²) in [5.74, 6) is 1.04. The van der Waals surface area contributed by atoms with Gasteiger partial charge >= 0.3 is 0 Å². The highest BCUT2D eigenvalue weighted by Crippen LogP contribution is 2.56. The first-order valence-corrected chi connectivity index (χ1v) is 12.7. The Balaban J connectivity index is 1.72. The molecule has 31 heavy (non-hydrogen) atoms. The molecule has 4 aromatic rings. The second-order valence-electron chi connectivity index (χ2n) is 7.47. The molecule has 0 bridgehead atoms. The Morgan fingerprint density at radius 3 is 1.58 bits per heavy atom. The number of rotatable bonds is 9. The van der Waals surface area contributed by atoms with Gasteiger partial charge in [0.1, 0.15) is 24.7 Å². The summed E-state index contributed by atoms with van der Waals surface area (Å²) in [6, 6.07) is 40.5. The van der Waals surface area contributed by atoms with Crippen LogP contribution in [0, 0.1) is 0 Å². The molecule has 0 aromatic heterocycles. The van der Waals surface area contributed by atoms with Crippen molar-refractivity contribution >= 4 is 23.7 Å². The zero-order valence-corrected chi connectivity index (χ0v) is 18.3. The Morgan fingerprint density at radius 1 is 0.613 bits per heavy atom. The lowest BCUT2D eigenvalue weighted by Crippen LogP contribution is -2.32. The van der Waals surface area contributed by atoms with Crippen LogP contribution in [0.1, 0.15) is 10.4 Å². The predicted octanol–water partition coefficient (Wildman–Crippen LogP) is 5.62. The zero-order chi connectivity index (χ0) is 21.4. The van der Waals surface area contributed by atoms with E-state index in [2.05, 4.69) is 48.5 Å². The Bertz CT molecular complexity index is 1040. The van der Waals surface area contributed by atoms with E-state index in [-0.39, 0.29) is 5.78 Å². The summed E-state index contributed by atoms with van der Waals surface area (Å²) < 4.78 is 6.11. The molecule has 3 heteroatoms. The molecule has 0 aliphatic heterocycles. The molecule has 0 fully saturated rings. The van der Waals surface area contributed by atoms with Crippen LogP contribution < -0.4 is 15.3 Å². The van der Waals surface area contributed by atoms with E-state index in [0.29, 0.717) is 12.8 Å². The number of Topliss-reactive ketones (excluding diaryl/α,β-unsaturated/α-hetero) is 1. The lowest BCUT2D eigenvalue weighted by molar-refractivity contribution is 0.102. The van der Waals surface area contributed by atoms with Gasteiger partial charge in [0, 0.05) is 5.56 Å². The third-order valence-electron chi connectivity index (χ3n) is 5.50. The van der Waals surface area contributed by atoms with Crippen LogP contribution in [0.25, 0.3) is 0 Å². The SMILES string of the molecule is O=C(C[P+](CCOc1ccccc1)(c1ccccc1)c1ccccc1)c1ccccc1. The molecular weight excluding hydrogens is 399 g/mol. The van der Waals surface area contributed by atoms with Crippen molar-refractivity contribution in [2.45, 2.75) is 0 Å². The first kappa shape index (κ1) is 21.0. The van der Waals surface area contributed by atoms with E-state index in [9.17, 15) is 4.79 Å². The highest BCUT2D eigenvalue weighted by Gasteiger charge is 2.44. The number of para-hydroxylation sites is 1. The van der Waals surface area contributed by atoms with Gasteiger partial charge in [0.05, 0.1) is 17.9 Å². The molecule has 0 aliphatic carbocycles. The number of benzene rings is 4. The number of ether oxygens (including phenoxy) is 1. The molecule has 0 saturated carbocycles. The number of ketones is 1. The van der Waals surface area contributed by atoms with E-state index in [1.807, 2.05) is 72.8 Å². The van der Waals surface area contributed by atoms with Crippen molar-refractivity contribution in [3.05, 3.63) is 127 Å². The maximum Gasteiger partial charge on any atom is 0.200 e. The normalized spacial score (nSPS) is 11.1. The fourth-order valence-electron chi connectivity index (χ4n) is 3.89. The smallest absolute Gasteiger partial charge is 0.200 e. The Labute approximate surface area is 184 Å². The number of carbonyl (C=O) groups excluding carboxylic acids is 1. The number of hydrogen-bond acceptors (Lipinski definition) is 2. The topological polar surface area (TPSA) is 26.3 Å². The Kier molecular flexibility index (Phi) is 6.92. The molecule has 0 amide bonds. The summed E-state index contributed by atoms with van der Waals surface area (Å²) >= 11 is 0. The lowest BCUT2D eigenvalue weighted by Gasteiger charge is -2.27. The van der Waals surface area contributed by atoms with E-state index < -0.39 is 7.26 Å². The van der Waals surface area contributed by atoms with E-state index in [1.165, 1.54) is 10.6 Å². The standard InChI is InChI=1S/C28H26O2P/c29-28(24-13-5-1-6-14-24)23-31(26-17-9-3-10-18-26,27-19-11-4-12-20-27)22-21-30-25-15-7-2-8-16-25/h1-20H,21-23H2/q+1. The Hall–Kier alpha value is -3.22. The predicted molar refractivity (Wildman–Crippen MR) is 132 cm³/mol. The van der Waals surface area contributed by atoms with Crippen LogP contribution >= 0.6 is 7.26 Å². The van der Waals surface area contributed by atoms with Gasteiger partial charge in [0.2, 0.25) is 5.78 Å². The van der Waals surface area contributed by atoms with Crippen LogP contribution in [0.5, 0.6) is 5.75 Å². The van der Waals surface area contributed by atoms with Gasteiger partial charge in [-0.2, -0.15) is 0 Å². The summed E-state index contributed by atoms with van der Waals surface area (Å²) in [5.41, 5.74) is 0.766. The maximum absolute atomic E-state index is 13.4. The molecule has 0 saturated heterocycles. The average Bonchev–Trinajstić information content (AvgIpc) is 2.85. The number of carbonyl (C=O) groups is 1. The molecule has 2 nitrogen and oxygen atoms in total. The molecule has 0 atom stereocenters. The molecule has 154 valence electrons. The Morgan fingerprint density at radius 2 is 1.06 bits per heavy atom. The monoisotopic (exact) mass is 425 g/mol. The van der Waals surface area contributed by atoms with Gasteiger partial charge in [0.25, 0.3) is 0 Å². The van der Waals surface area contributed by atoms with E-state index in [1.54, 1.807) is 0 Å². The van der Waals surface area contributed by atoms with E-state index in [0.717, 1.165) is 17.5 Å². The van der Waals surface area contributed by atoms with Gasteiger partial charge in [-0.1, -0.05) is 84.9 Å². The van der Waals surface area contributed by atoms with Crippen LogP contribution in [0.15, 0.2) is 121 Å². The van der Waals surface area contributed by atoms with Crippen LogP contribution in [0.4, 0.5) is 0 Å². The third kappa shape index (κ3) is 5.10. The van der Waals surface area contributed by atoms with Gasteiger partial charge in [0.15, 0.2) is 0 Å². The number of hydrogen-bond donors (Lipinski definition) is 0. The quantitative estimate of drug-likeness (QED) is 0.257. The first-order valence-electron chi connectivity index (χ1n) is 10.5. The summed E-state index contributed by atoms with van der Waals surface area (Å²) in [4.78, 5) is 13.4. The molecule has 0 aliphatic rings. The second-order valence-corrected chi connectivity index (χ2v) is 11.2. The largest absolute Gasteiger partial charge is 0.490 e. The van der Waals surface area contributed by atoms with Crippen molar-refractivity contribution in [1.29, 1.82) is 0 Å². The lowest BCUT2D eigenvalue weighted by atomic mass is 10.2. The summed E-state index contributed by atoms with van der Waals surface area (Å²) in [7, 11) is -2.03. The highest BCUT2D eigenvalue weighted by atomic mass is 31.2. The van der Waals surface area contributed by atoms with Crippen molar-refractivity contribution in [2.75, 3.05) is 18.9 Å². The van der Waals surface area contributed by atoms with Gasteiger partial charge in [-0.3, -0.25) is 4.79 Å². The summed E-state index contributed by atoms with van der Waals surface area (Å²) in [6.45, 7) is 0.559. The van der Waals surface area contributed by atoms with Gasteiger partial charge in [-0.25, -0.2) is 0 Å². The van der Waals surface area contributed by atoms with E-state index in [4.69, 9.17) is 4.74 Å². The van der Waals surface area contributed by atoms with Crippen LogP contribution in [0.2, 0.25) is 0 Å². The highest BCUT2D eigenvalue weighted by molar-refractivity contribution is 7.90. The third-order valence-corrected chi connectivity index (χ3v) is 9.84. The van der Waals surface area contributed by atoms with Crippen LogP contribution in [0.3, 0.4) is 0 Å². The minimum absolute atomic E-state index is 0.182. The molecule has 0 spiro atoms. The molecule has 4 aromatic carbocycles. The van der Waals surface area contributed by atoms with Crippen molar-refractivity contribution in [1.82, 2.24) is 0 Å². The fourth-order valence-corrected chi connectivity index (χ4v) is 7.79. The average molecular weight is 425 g/mol. The summed E-state index contributed by atoms with van der Waals surface area (Å²) in [6.07, 6.45) is 1.29. The van der Waals surface area contributed by atoms with Crippen LogP contribution in [-0.2, 0) is 0 Å². The molecule has 0 heterocycles. The van der Waals surface area contributed by atoms with Gasteiger partial charge < -0.3 is 4.74 Å².